The van der Waals surface area contributed by atoms with Gasteiger partial charge in [-0.3, -0.25) is 9.59 Å². The highest BCUT2D eigenvalue weighted by Gasteiger charge is 2.36. The van der Waals surface area contributed by atoms with Crippen LogP contribution in [0.5, 0.6) is 0 Å². The Hall–Kier alpha value is -4.64. The number of carbonyl (C=O) groups is 2. The quantitative estimate of drug-likeness (QED) is 0.293. The Balaban J connectivity index is 1.32. The molecule has 5 aromatic rings. The van der Waals surface area contributed by atoms with Gasteiger partial charge in [0.2, 0.25) is 5.13 Å². The lowest BCUT2D eigenvalue weighted by atomic mass is 10.0. The predicted molar refractivity (Wildman–Crippen MR) is 137 cm³/mol. The molecule has 0 fully saturated rings. The van der Waals surface area contributed by atoms with Crippen LogP contribution in [0, 0.1) is 0 Å². The van der Waals surface area contributed by atoms with Crippen molar-refractivity contribution in [3.63, 3.8) is 0 Å². The first-order valence-electron chi connectivity index (χ1n) is 11.4. The summed E-state index contributed by atoms with van der Waals surface area (Å²) in [5.41, 5.74) is 3.60. The van der Waals surface area contributed by atoms with Gasteiger partial charge in [0.25, 0.3) is 5.91 Å². The molecule has 1 N–H and O–H groups in total. The fourth-order valence-corrected chi connectivity index (χ4v) is 5.05. The van der Waals surface area contributed by atoms with Crippen LogP contribution in [-0.2, 0) is 6.18 Å². The maximum Gasteiger partial charge on any atom is 0.435 e. The molecule has 1 amide bonds. The zero-order chi connectivity index (χ0) is 26.4. The van der Waals surface area contributed by atoms with E-state index in [1.54, 1.807) is 36.4 Å². The first kappa shape index (κ1) is 23.7. The van der Waals surface area contributed by atoms with E-state index in [1.807, 2.05) is 30.3 Å². The maximum absolute atomic E-state index is 13.6. The highest BCUT2D eigenvalue weighted by molar-refractivity contribution is 7.12. The van der Waals surface area contributed by atoms with Gasteiger partial charge in [-0.2, -0.15) is 23.4 Å². The molecule has 38 heavy (non-hydrogen) atoms. The molecule has 3 aromatic carbocycles. The van der Waals surface area contributed by atoms with E-state index in [2.05, 4.69) is 20.6 Å². The molecule has 0 unspecified atom stereocenters. The molecule has 0 saturated heterocycles. The minimum atomic E-state index is -4.67. The minimum absolute atomic E-state index is 0.0412. The molecular formula is C27H16F3N5O2S. The number of carbonyl (C=O) groups excluding carboxylic acids is 2. The van der Waals surface area contributed by atoms with Gasteiger partial charge in [0.1, 0.15) is 5.69 Å². The molecule has 0 bridgehead atoms. The summed E-state index contributed by atoms with van der Waals surface area (Å²) in [4.78, 5) is 29.1. The topological polar surface area (TPSA) is 89.2 Å². The van der Waals surface area contributed by atoms with Crippen molar-refractivity contribution in [2.45, 2.75) is 12.6 Å². The van der Waals surface area contributed by atoms with Crippen molar-refractivity contribution < 1.29 is 22.8 Å². The van der Waals surface area contributed by atoms with E-state index in [-0.39, 0.29) is 28.7 Å². The standard InChI is InChI=1S/C27H16F3N5O2S/c28-27(29,30)24-13-22(17-10-9-15-5-1-2-6-16(15)11-17)35(34-24)26-31-21(14-38-26)25(37)33-32-20-12-23(36)19-8-4-3-7-18(19)20/h1-11,13-14H,12H2,(H,33,37)/b32-20-. The van der Waals surface area contributed by atoms with Gasteiger partial charge in [0, 0.05) is 22.1 Å². The van der Waals surface area contributed by atoms with E-state index < -0.39 is 17.8 Å². The Labute approximate surface area is 217 Å². The number of thiazole rings is 1. The van der Waals surface area contributed by atoms with Crippen LogP contribution in [0.25, 0.3) is 27.2 Å². The first-order valence-corrected chi connectivity index (χ1v) is 12.3. The number of aromatic nitrogens is 3. The van der Waals surface area contributed by atoms with Crippen LogP contribution in [0.15, 0.2) is 83.3 Å². The second-order valence-electron chi connectivity index (χ2n) is 8.55. The van der Waals surface area contributed by atoms with Crippen molar-refractivity contribution in [1.29, 1.82) is 0 Å². The number of ketones is 1. The second-order valence-corrected chi connectivity index (χ2v) is 9.38. The SMILES string of the molecule is O=C(N/N=C1/CC(=O)c2ccccc21)c1csc(-n2nc(C(F)(F)F)cc2-c2ccc3ccccc3c2)n1. The van der Waals surface area contributed by atoms with Gasteiger partial charge in [-0.25, -0.2) is 15.1 Å². The Kier molecular flexibility index (Phi) is 5.64. The molecule has 2 heterocycles. The summed E-state index contributed by atoms with van der Waals surface area (Å²) in [6.45, 7) is 0. The van der Waals surface area contributed by atoms with Gasteiger partial charge < -0.3 is 0 Å². The molecule has 1 aliphatic rings. The highest BCUT2D eigenvalue weighted by Crippen LogP contribution is 2.34. The average Bonchev–Trinajstić information content (AvgIpc) is 3.64. The Morgan fingerprint density at radius 3 is 2.50 bits per heavy atom. The number of nitrogens with zero attached hydrogens (tertiary/aromatic N) is 4. The second kappa shape index (κ2) is 9.03. The van der Waals surface area contributed by atoms with E-state index in [0.717, 1.165) is 32.9 Å². The van der Waals surface area contributed by atoms with Crippen molar-refractivity contribution in [1.82, 2.24) is 20.2 Å². The summed E-state index contributed by atoms with van der Waals surface area (Å²) in [6, 6.07) is 20.7. The number of alkyl halides is 3. The number of hydrogen-bond acceptors (Lipinski definition) is 6. The monoisotopic (exact) mass is 531 g/mol. The molecular weight excluding hydrogens is 515 g/mol. The van der Waals surface area contributed by atoms with Crippen molar-refractivity contribution >= 4 is 39.5 Å². The number of Topliss-reactive ketones (excluding diaryl/α,β-unsaturated/α-hetero) is 1. The third-order valence-electron chi connectivity index (χ3n) is 6.11. The lowest BCUT2D eigenvalue weighted by molar-refractivity contribution is -0.141. The smallest absolute Gasteiger partial charge is 0.294 e. The molecule has 188 valence electrons. The lowest BCUT2D eigenvalue weighted by Gasteiger charge is -2.06. The zero-order valence-corrected chi connectivity index (χ0v) is 20.2. The van der Waals surface area contributed by atoms with Crippen LogP contribution in [-0.4, -0.2) is 32.2 Å². The van der Waals surface area contributed by atoms with Crippen molar-refractivity contribution in [3.05, 3.63) is 101 Å². The summed E-state index contributed by atoms with van der Waals surface area (Å²) >= 11 is 0.973. The predicted octanol–water partition coefficient (Wildman–Crippen LogP) is 5.89. The molecule has 1 aliphatic carbocycles. The summed E-state index contributed by atoms with van der Waals surface area (Å²) in [5, 5.41) is 11.2. The third-order valence-corrected chi connectivity index (χ3v) is 6.93. The number of rotatable bonds is 4. The summed E-state index contributed by atoms with van der Waals surface area (Å²) in [6.07, 6.45) is -4.61. The van der Waals surface area contributed by atoms with Crippen molar-refractivity contribution in [2.75, 3.05) is 0 Å². The van der Waals surface area contributed by atoms with Gasteiger partial charge in [-0.1, -0.05) is 60.7 Å². The molecule has 0 aliphatic heterocycles. The molecule has 7 nitrogen and oxygen atoms in total. The Bertz CT molecular complexity index is 1770. The maximum atomic E-state index is 13.6. The molecule has 6 rings (SSSR count). The Morgan fingerprint density at radius 1 is 0.974 bits per heavy atom. The number of hydrazone groups is 1. The summed E-state index contributed by atoms with van der Waals surface area (Å²) < 4.78 is 41.8. The molecule has 2 aromatic heterocycles. The van der Waals surface area contributed by atoms with Gasteiger partial charge in [0.05, 0.1) is 17.8 Å². The van der Waals surface area contributed by atoms with Crippen molar-refractivity contribution in [2.24, 2.45) is 5.10 Å². The number of halogens is 3. The molecule has 0 spiro atoms. The normalized spacial score (nSPS) is 14.3. The van der Waals surface area contributed by atoms with Crippen LogP contribution in [0.3, 0.4) is 0 Å². The van der Waals surface area contributed by atoms with Crippen LogP contribution < -0.4 is 5.43 Å². The number of hydrogen-bond donors (Lipinski definition) is 1. The van der Waals surface area contributed by atoms with E-state index in [9.17, 15) is 22.8 Å². The van der Waals surface area contributed by atoms with Gasteiger partial charge in [-0.15, -0.1) is 11.3 Å². The van der Waals surface area contributed by atoms with Crippen LogP contribution in [0.2, 0.25) is 0 Å². The average molecular weight is 532 g/mol. The number of benzene rings is 3. The summed E-state index contributed by atoms with van der Waals surface area (Å²) in [5.74, 6) is -0.753. The van der Waals surface area contributed by atoms with E-state index in [4.69, 9.17) is 0 Å². The fourth-order valence-electron chi connectivity index (χ4n) is 4.28. The zero-order valence-electron chi connectivity index (χ0n) is 19.4. The van der Waals surface area contributed by atoms with Crippen LogP contribution in [0.4, 0.5) is 13.2 Å². The molecule has 0 atom stereocenters. The largest absolute Gasteiger partial charge is 0.435 e. The lowest BCUT2D eigenvalue weighted by Crippen LogP contribution is -2.20. The molecule has 0 saturated carbocycles. The van der Waals surface area contributed by atoms with Crippen LogP contribution >= 0.6 is 11.3 Å². The van der Waals surface area contributed by atoms with E-state index >= 15 is 0 Å². The van der Waals surface area contributed by atoms with Crippen molar-refractivity contribution in [3.8, 4) is 16.4 Å². The first-order chi connectivity index (χ1) is 18.3. The molecule has 0 radical (unpaired) electrons. The fraction of sp³-hybridized carbons (Fsp3) is 0.0741. The minimum Gasteiger partial charge on any atom is -0.294 e. The van der Waals surface area contributed by atoms with Gasteiger partial charge >= 0.3 is 6.18 Å². The highest BCUT2D eigenvalue weighted by atomic mass is 32.1. The number of nitrogens with one attached hydrogen (secondary N) is 1. The number of amides is 1. The summed E-state index contributed by atoms with van der Waals surface area (Å²) in [7, 11) is 0. The molecule has 11 heteroatoms. The van der Waals surface area contributed by atoms with E-state index in [1.165, 1.54) is 5.38 Å². The third kappa shape index (κ3) is 4.26. The van der Waals surface area contributed by atoms with Gasteiger partial charge in [-0.05, 0) is 22.9 Å². The van der Waals surface area contributed by atoms with E-state index in [0.29, 0.717) is 22.4 Å². The van der Waals surface area contributed by atoms with Crippen LogP contribution in [0.1, 0.15) is 38.5 Å². The van der Waals surface area contributed by atoms with Gasteiger partial charge in [0.15, 0.2) is 11.5 Å². The number of fused-ring (bicyclic) bond motifs is 2. The Morgan fingerprint density at radius 2 is 1.71 bits per heavy atom.